The topological polar surface area (TPSA) is 102 Å². The second kappa shape index (κ2) is 10.1. The van der Waals surface area contributed by atoms with Crippen LogP contribution in [0, 0.1) is 31.1 Å². The monoisotopic (exact) mass is 425 g/mol. The number of nitrogens with zero attached hydrogens (tertiary/aromatic N) is 4. The Kier molecular flexibility index (Phi) is 7.81. The third kappa shape index (κ3) is 5.85. The van der Waals surface area contributed by atoms with Gasteiger partial charge in [0.1, 0.15) is 17.5 Å². The van der Waals surface area contributed by atoms with Crippen LogP contribution in [-0.4, -0.2) is 32.3 Å². The molecule has 2 rings (SSSR count). The van der Waals surface area contributed by atoms with Gasteiger partial charge in [-0.25, -0.2) is 9.48 Å². The van der Waals surface area contributed by atoms with Crippen LogP contribution < -0.4 is 5.32 Å². The quantitative estimate of drug-likeness (QED) is 0.391. The van der Waals surface area contributed by atoms with Gasteiger partial charge in [0.2, 0.25) is 0 Å². The van der Waals surface area contributed by atoms with E-state index in [1.54, 1.807) is 16.9 Å². The maximum atomic E-state index is 12.5. The average molecular weight is 426 g/mol. The summed E-state index contributed by atoms with van der Waals surface area (Å²) in [6.07, 6.45) is 2.02. The molecule has 0 aliphatic rings. The molecule has 1 atom stereocenters. The standard InChI is InChI=1S/C23H31N5O3/c1-14(2)13-27-16(5)10-19(17(27)6)11-20(12-24)23(30)31-18(7)22(29)26-21-8-9-25-28(21)15(3)4/h8-11,14-15,18H,13H2,1-7H3,(H,26,29)/b20-11+/t18-/m1/s1. The Hall–Kier alpha value is -3.34. The Morgan fingerprint density at radius 2 is 1.94 bits per heavy atom. The van der Waals surface area contributed by atoms with E-state index in [-0.39, 0.29) is 11.6 Å². The fourth-order valence-electron chi connectivity index (χ4n) is 3.24. The molecule has 166 valence electrons. The van der Waals surface area contributed by atoms with Crippen LogP contribution in [0.5, 0.6) is 0 Å². The Labute approximate surface area is 183 Å². The summed E-state index contributed by atoms with van der Waals surface area (Å²) in [5.41, 5.74) is 2.65. The molecule has 0 saturated carbocycles. The van der Waals surface area contributed by atoms with E-state index in [0.717, 1.165) is 23.5 Å². The van der Waals surface area contributed by atoms with Gasteiger partial charge in [0.05, 0.1) is 6.20 Å². The number of ether oxygens (including phenoxy) is 1. The third-order valence-corrected chi connectivity index (χ3v) is 4.86. The molecule has 0 spiro atoms. The van der Waals surface area contributed by atoms with E-state index < -0.39 is 18.0 Å². The van der Waals surface area contributed by atoms with Crippen LogP contribution in [0.4, 0.5) is 5.82 Å². The van der Waals surface area contributed by atoms with E-state index in [9.17, 15) is 14.9 Å². The molecule has 0 aliphatic carbocycles. The van der Waals surface area contributed by atoms with Gasteiger partial charge in [-0.2, -0.15) is 10.4 Å². The second-order valence-corrected chi connectivity index (χ2v) is 8.29. The van der Waals surface area contributed by atoms with Gasteiger partial charge in [-0.05, 0) is 58.2 Å². The summed E-state index contributed by atoms with van der Waals surface area (Å²) in [4.78, 5) is 25.0. The summed E-state index contributed by atoms with van der Waals surface area (Å²) in [5, 5.41) is 16.3. The number of aryl methyl sites for hydroxylation is 1. The van der Waals surface area contributed by atoms with Crippen LogP contribution in [0.3, 0.4) is 0 Å². The largest absolute Gasteiger partial charge is 0.448 e. The van der Waals surface area contributed by atoms with E-state index in [2.05, 4.69) is 28.8 Å². The summed E-state index contributed by atoms with van der Waals surface area (Å²) in [6.45, 7) is 14.4. The zero-order chi connectivity index (χ0) is 23.3. The Balaban J connectivity index is 2.13. The predicted molar refractivity (Wildman–Crippen MR) is 119 cm³/mol. The zero-order valence-electron chi connectivity index (χ0n) is 19.3. The van der Waals surface area contributed by atoms with Gasteiger partial charge < -0.3 is 14.6 Å². The van der Waals surface area contributed by atoms with E-state index in [0.29, 0.717) is 11.7 Å². The lowest BCUT2D eigenvalue weighted by Crippen LogP contribution is -2.31. The molecule has 0 fully saturated rings. The maximum absolute atomic E-state index is 12.5. The van der Waals surface area contributed by atoms with Gasteiger partial charge in [0, 0.05) is 30.0 Å². The van der Waals surface area contributed by atoms with Crippen LogP contribution in [-0.2, 0) is 20.9 Å². The fraction of sp³-hybridized carbons (Fsp3) is 0.478. The first-order valence-corrected chi connectivity index (χ1v) is 10.4. The highest BCUT2D eigenvalue weighted by Gasteiger charge is 2.22. The minimum absolute atomic E-state index is 0.0611. The normalized spacial score (nSPS) is 12.7. The fourth-order valence-corrected chi connectivity index (χ4v) is 3.24. The van der Waals surface area contributed by atoms with Crippen LogP contribution >= 0.6 is 0 Å². The third-order valence-electron chi connectivity index (χ3n) is 4.86. The van der Waals surface area contributed by atoms with Gasteiger partial charge in [0.15, 0.2) is 6.10 Å². The second-order valence-electron chi connectivity index (χ2n) is 8.29. The molecule has 0 aromatic carbocycles. The number of hydrogen-bond acceptors (Lipinski definition) is 5. The number of nitrogens with one attached hydrogen (secondary N) is 1. The van der Waals surface area contributed by atoms with Crippen molar-refractivity contribution in [3.05, 3.63) is 40.9 Å². The number of carbonyl (C=O) groups excluding carboxylic acids is 2. The zero-order valence-corrected chi connectivity index (χ0v) is 19.3. The molecule has 1 amide bonds. The Morgan fingerprint density at radius 3 is 2.52 bits per heavy atom. The van der Waals surface area contributed by atoms with Crippen LogP contribution in [0.1, 0.15) is 57.6 Å². The first-order chi connectivity index (χ1) is 14.5. The number of amides is 1. The van der Waals surface area contributed by atoms with Crippen molar-refractivity contribution < 1.29 is 14.3 Å². The summed E-state index contributed by atoms with van der Waals surface area (Å²) in [6, 6.07) is 5.56. The number of carbonyl (C=O) groups is 2. The summed E-state index contributed by atoms with van der Waals surface area (Å²) in [5.74, 6) is -0.357. The van der Waals surface area contributed by atoms with Crippen molar-refractivity contribution in [3.8, 4) is 6.07 Å². The van der Waals surface area contributed by atoms with Crippen molar-refractivity contribution in [2.45, 2.75) is 67.2 Å². The molecule has 2 aromatic heterocycles. The van der Waals surface area contributed by atoms with Crippen LogP contribution in [0.2, 0.25) is 0 Å². The molecule has 0 bridgehead atoms. The molecule has 0 radical (unpaired) electrons. The minimum atomic E-state index is -1.08. The van der Waals surface area contributed by atoms with E-state index in [4.69, 9.17) is 4.74 Å². The van der Waals surface area contributed by atoms with Crippen LogP contribution in [0.25, 0.3) is 6.08 Å². The van der Waals surface area contributed by atoms with E-state index in [1.807, 2.05) is 39.8 Å². The molecule has 2 aromatic rings. The van der Waals surface area contributed by atoms with E-state index >= 15 is 0 Å². The minimum Gasteiger partial charge on any atom is -0.448 e. The predicted octanol–water partition coefficient (Wildman–Crippen LogP) is 4.02. The SMILES string of the molecule is Cc1cc(/C=C(\C#N)C(=O)O[C@H](C)C(=O)Nc2ccnn2C(C)C)c(C)n1CC(C)C. The molecular weight excluding hydrogens is 394 g/mol. The molecule has 8 heteroatoms. The highest BCUT2D eigenvalue weighted by molar-refractivity contribution is 6.01. The van der Waals surface area contributed by atoms with Crippen molar-refractivity contribution in [2.24, 2.45) is 5.92 Å². The first-order valence-electron chi connectivity index (χ1n) is 10.4. The van der Waals surface area contributed by atoms with Gasteiger partial charge >= 0.3 is 5.97 Å². The first kappa shape index (κ1) is 23.9. The molecule has 31 heavy (non-hydrogen) atoms. The van der Waals surface area contributed by atoms with Crippen molar-refractivity contribution >= 4 is 23.8 Å². The summed E-state index contributed by atoms with van der Waals surface area (Å²) >= 11 is 0. The number of anilines is 1. The molecule has 0 unspecified atom stereocenters. The van der Waals surface area contributed by atoms with Crippen molar-refractivity contribution in [1.82, 2.24) is 14.3 Å². The Morgan fingerprint density at radius 1 is 1.26 bits per heavy atom. The van der Waals surface area contributed by atoms with Crippen molar-refractivity contribution in [1.29, 1.82) is 5.26 Å². The van der Waals surface area contributed by atoms with Gasteiger partial charge in [-0.1, -0.05) is 13.8 Å². The highest BCUT2D eigenvalue weighted by atomic mass is 16.5. The molecule has 2 heterocycles. The van der Waals surface area contributed by atoms with Gasteiger partial charge in [-0.15, -0.1) is 0 Å². The summed E-state index contributed by atoms with van der Waals surface area (Å²) in [7, 11) is 0. The van der Waals surface area contributed by atoms with Gasteiger partial charge in [0.25, 0.3) is 5.91 Å². The van der Waals surface area contributed by atoms with Crippen molar-refractivity contribution in [3.63, 3.8) is 0 Å². The molecular formula is C23H31N5O3. The van der Waals surface area contributed by atoms with E-state index in [1.165, 1.54) is 13.0 Å². The maximum Gasteiger partial charge on any atom is 0.349 e. The Bertz CT molecular complexity index is 1020. The number of esters is 1. The molecule has 8 nitrogen and oxygen atoms in total. The lowest BCUT2D eigenvalue weighted by Gasteiger charge is -2.15. The number of hydrogen-bond donors (Lipinski definition) is 1. The molecule has 0 saturated heterocycles. The summed E-state index contributed by atoms with van der Waals surface area (Å²) < 4.78 is 9.06. The number of aromatic nitrogens is 3. The highest BCUT2D eigenvalue weighted by Crippen LogP contribution is 2.20. The van der Waals surface area contributed by atoms with Crippen LogP contribution in [0.15, 0.2) is 23.9 Å². The van der Waals surface area contributed by atoms with Gasteiger partial charge in [-0.3, -0.25) is 4.79 Å². The number of rotatable bonds is 8. The number of nitriles is 1. The van der Waals surface area contributed by atoms with Crippen molar-refractivity contribution in [2.75, 3.05) is 5.32 Å². The lowest BCUT2D eigenvalue weighted by molar-refractivity contribution is -0.148. The molecule has 1 N–H and O–H groups in total. The lowest BCUT2D eigenvalue weighted by atomic mass is 10.1. The molecule has 0 aliphatic heterocycles. The smallest absolute Gasteiger partial charge is 0.349 e. The average Bonchev–Trinajstić information content (AvgIpc) is 3.25.